The average molecular weight is 450 g/mol. The lowest BCUT2D eigenvalue weighted by molar-refractivity contribution is -0.126. The maximum Gasteiger partial charge on any atom is 0.254 e. The van der Waals surface area contributed by atoms with E-state index in [1.807, 2.05) is 59.5 Å². The molecule has 1 N–H and O–H groups in total. The number of pyridine rings is 1. The Labute approximate surface area is 193 Å². The second-order valence-electron chi connectivity index (χ2n) is 8.78. The number of rotatable bonds is 5. The molecule has 1 aliphatic heterocycles. The second kappa shape index (κ2) is 9.70. The first-order valence-corrected chi connectivity index (χ1v) is 11.5. The Bertz CT molecular complexity index is 1120. The van der Waals surface area contributed by atoms with Gasteiger partial charge in [-0.15, -0.1) is 0 Å². The maximum absolute atomic E-state index is 13.5. The summed E-state index contributed by atoms with van der Waals surface area (Å²) in [6.07, 6.45) is 1.37. The molecule has 0 saturated carbocycles. The van der Waals surface area contributed by atoms with Crippen LogP contribution in [0.15, 0.2) is 54.6 Å². The van der Waals surface area contributed by atoms with Crippen molar-refractivity contribution in [2.75, 3.05) is 19.6 Å². The predicted molar refractivity (Wildman–Crippen MR) is 129 cm³/mol. The minimum atomic E-state index is -0.0309. The van der Waals surface area contributed by atoms with Crippen molar-refractivity contribution in [1.82, 2.24) is 15.2 Å². The zero-order valence-corrected chi connectivity index (χ0v) is 19.2. The molecule has 0 bridgehead atoms. The van der Waals surface area contributed by atoms with Crippen LogP contribution >= 0.6 is 11.6 Å². The van der Waals surface area contributed by atoms with Crippen LogP contribution in [0, 0.1) is 11.8 Å². The lowest BCUT2D eigenvalue weighted by atomic mass is 9.94. The standard InChI is InChI=1S/C26H28ClN3O2/c1-17(2)16-28-25(31)19-11-13-30(14-12-19)26(32)22-15-24(18-7-9-20(27)10-8-18)29-23-6-4-3-5-21(22)23/h3-10,15,17,19H,11-14,16H2,1-2H3,(H,28,31). The van der Waals surface area contributed by atoms with Crippen LogP contribution in [-0.4, -0.2) is 41.3 Å². The van der Waals surface area contributed by atoms with E-state index in [0.29, 0.717) is 49.0 Å². The number of nitrogens with one attached hydrogen (secondary N) is 1. The summed E-state index contributed by atoms with van der Waals surface area (Å²) < 4.78 is 0. The van der Waals surface area contributed by atoms with Crippen LogP contribution in [0.4, 0.5) is 0 Å². The topological polar surface area (TPSA) is 62.3 Å². The minimum Gasteiger partial charge on any atom is -0.356 e. The fourth-order valence-electron chi connectivity index (χ4n) is 4.09. The molecule has 4 rings (SSSR count). The number of fused-ring (bicyclic) bond motifs is 1. The molecule has 1 aliphatic rings. The van der Waals surface area contributed by atoms with Crippen molar-refractivity contribution in [1.29, 1.82) is 0 Å². The van der Waals surface area contributed by atoms with Crippen molar-refractivity contribution < 1.29 is 9.59 Å². The summed E-state index contributed by atoms with van der Waals surface area (Å²) in [7, 11) is 0. The number of para-hydroxylation sites is 1. The molecule has 2 heterocycles. The molecule has 0 unspecified atom stereocenters. The number of carbonyl (C=O) groups excluding carboxylic acids is 2. The molecule has 166 valence electrons. The van der Waals surface area contributed by atoms with E-state index >= 15 is 0 Å². The number of hydrogen-bond donors (Lipinski definition) is 1. The first-order chi connectivity index (χ1) is 15.4. The van der Waals surface area contributed by atoms with E-state index in [-0.39, 0.29) is 17.7 Å². The quantitative estimate of drug-likeness (QED) is 0.583. The van der Waals surface area contributed by atoms with Gasteiger partial charge >= 0.3 is 0 Å². The van der Waals surface area contributed by atoms with Gasteiger partial charge in [0.1, 0.15) is 0 Å². The molecule has 0 spiro atoms. The summed E-state index contributed by atoms with van der Waals surface area (Å²) in [5.41, 5.74) is 3.08. The third-order valence-electron chi connectivity index (χ3n) is 5.92. The van der Waals surface area contributed by atoms with Crippen molar-refractivity contribution >= 4 is 34.3 Å². The number of benzene rings is 2. The first kappa shape index (κ1) is 22.3. The van der Waals surface area contributed by atoms with Crippen LogP contribution in [0.25, 0.3) is 22.2 Å². The highest BCUT2D eigenvalue weighted by atomic mass is 35.5. The third-order valence-corrected chi connectivity index (χ3v) is 6.18. The van der Waals surface area contributed by atoms with Crippen LogP contribution in [0.1, 0.15) is 37.0 Å². The molecule has 0 aliphatic carbocycles. The molecular formula is C26H28ClN3O2. The van der Waals surface area contributed by atoms with E-state index in [0.717, 1.165) is 22.2 Å². The second-order valence-corrected chi connectivity index (χ2v) is 9.22. The molecule has 0 radical (unpaired) electrons. The summed E-state index contributed by atoms with van der Waals surface area (Å²) in [5.74, 6) is 0.483. The number of halogens is 1. The lowest BCUT2D eigenvalue weighted by Crippen LogP contribution is -2.43. The van der Waals surface area contributed by atoms with Crippen molar-refractivity contribution in [3.05, 3.63) is 65.2 Å². The number of amides is 2. The van der Waals surface area contributed by atoms with Gasteiger partial charge in [0.15, 0.2) is 0 Å². The fourth-order valence-corrected chi connectivity index (χ4v) is 4.21. The zero-order valence-electron chi connectivity index (χ0n) is 18.5. The van der Waals surface area contributed by atoms with Gasteiger partial charge in [0.05, 0.1) is 16.8 Å². The Morgan fingerprint density at radius 3 is 2.47 bits per heavy atom. The third kappa shape index (κ3) is 4.94. The maximum atomic E-state index is 13.5. The number of aromatic nitrogens is 1. The molecular weight excluding hydrogens is 422 g/mol. The summed E-state index contributed by atoms with van der Waals surface area (Å²) in [6.45, 7) is 6.00. The Kier molecular flexibility index (Phi) is 6.75. The molecule has 1 fully saturated rings. The minimum absolute atomic E-state index is 0.0140. The number of nitrogens with zero attached hydrogens (tertiary/aromatic N) is 2. The Balaban J connectivity index is 1.56. The van der Waals surface area contributed by atoms with E-state index < -0.39 is 0 Å². The van der Waals surface area contributed by atoms with Crippen molar-refractivity contribution in [3.8, 4) is 11.3 Å². The van der Waals surface area contributed by atoms with Crippen LogP contribution in [0.3, 0.4) is 0 Å². The van der Waals surface area contributed by atoms with Gasteiger partial charge < -0.3 is 10.2 Å². The van der Waals surface area contributed by atoms with Crippen LogP contribution in [0.5, 0.6) is 0 Å². The molecule has 3 aromatic rings. The van der Waals surface area contributed by atoms with Crippen LogP contribution in [0.2, 0.25) is 5.02 Å². The highest BCUT2D eigenvalue weighted by Crippen LogP contribution is 2.28. The van der Waals surface area contributed by atoms with Gasteiger partial charge in [-0.2, -0.15) is 0 Å². The van der Waals surface area contributed by atoms with Crippen LogP contribution in [-0.2, 0) is 4.79 Å². The summed E-state index contributed by atoms with van der Waals surface area (Å²) >= 11 is 6.04. The summed E-state index contributed by atoms with van der Waals surface area (Å²) in [5, 5.41) is 4.52. The first-order valence-electron chi connectivity index (χ1n) is 11.1. The fraction of sp³-hybridized carbons (Fsp3) is 0.346. The van der Waals surface area contributed by atoms with Crippen molar-refractivity contribution in [3.63, 3.8) is 0 Å². The largest absolute Gasteiger partial charge is 0.356 e. The molecule has 2 amide bonds. The van der Waals surface area contributed by atoms with E-state index in [2.05, 4.69) is 19.2 Å². The van der Waals surface area contributed by atoms with Gasteiger partial charge in [-0.1, -0.05) is 55.8 Å². The summed E-state index contributed by atoms with van der Waals surface area (Å²) in [4.78, 5) is 32.6. The highest BCUT2D eigenvalue weighted by molar-refractivity contribution is 6.30. The van der Waals surface area contributed by atoms with E-state index in [1.165, 1.54) is 0 Å². The van der Waals surface area contributed by atoms with E-state index in [9.17, 15) is 9.59 Å². The Morgan fingerprint density at radius 1 is 1.09 bits per heavy atom. The molecule has 1 aromatic heterocycles. The molecule has 32 heavy (non-hydrogen) atoms. The molecule has 2 aromatic carbocycles. The van der Waals surface area contributed by atoms with Crippen molar-refractivity contribution in [2.24, 2.45) is 11.8 Å². The normalized spacial score (nSPS) is 14.7. The Morgan fingerprint density at radius 2 is 1.78 bits per heavy atom. The molecule has 6 heteroatoms. The Hall–Kier alpha value is -2.92. The number of carbonyl (C=O) groups is 2. The van der Waals surface area contributed by atoms with Gasteiger partial charge in [0.2, 0.25) is 5.91 Å². The van der Waals surface area contributed by atoms with Gasteiger partial charge in [0.25, 0.3) is 5.91 Å². The average Bonchev–Trinajstić information content (AvgIpc) is 2.82. The highest BCUT2D eigenvalue weighted by Gasteiger charge is 2.28. The smallest absolute Gasteiger partial charge is 0.254 e. The van der Waals surface area contributed by atoms with E-state index in [1.54, 1.807) is 0 Å². The van der Waals surface area contributed by atoms with Gasteiger partial charge in [-0.05, 0) is 43.0 Å². The lowest BCUT2D eigenvalue weighted by Gasteiger charge is -2.32. The summed E-state index contributed by atoms with van der Waals surface area (Å²) in [6, 6.07) is 17.1. The zero-order chi connectivity index (χ0) is 22.7. The molecule has 1 saturated heterocycles. The van der Waals surface area contributed by atoms with Gasteiger partial charge in [0, 0.05) is 41.5 Å². The van der Waals surface area contributed by atoms with Gasteiger partial charge in [-0.25, -0.2) is 4.98 Å². The molecule has 5 nitrogen and oxygen atoms in total. The number of piperidine rings is 1. The van der Waals surface area contributed by atoms with Gasteiger partial charge in [-0.3, -0.25) is 9.59 Å². The predicted octanol–water partition coefficient (Wildman–Crippen LogP) is 5.18. The van der Waals surface area contributed by atoms with Crippen molar-refractivity contribution in [2.45, 2.75) is 26.7 Å². The molecule has 0 atom stereocenters. The van der Waals surface area contributed by atoms with E-state index in [4.69, 9.17) is 16.6 Å². The number of hydrogen-bond acceptors (Lipinski definition) is 3. The monoisotopic (exact) mass is 449 g/mol. The number of likely N-dealkylation sites (tertiary alicyclic amines) is 1. The SMILES string of the molecule is CC(C)CNC(=O)C1CCN(C(=O)c2cc(-c3ccc(Cl)cc3)nc3ccccc23)CC1. The van der Waals surface area contributed by atoms with Crippen LogP contribution < -0.4 is 5.32 Å².